The maximum Gasteiger partial charge on any atom is 0.411 e. The fourth-order valence-corrected chi connectivity index (χ4v) is 3.24. The third-order valence-electron chi connectivity index (χ3n) is 3.12. The summed E-state index contributed by atoms with van der Waals surface area (Å²) in [5.41, 5.74) is 0.614. The largest absolute Gasteiger partial charge is 0.445 e. The molecule has 1 fully saturated rings. The maximum atomic E-state index is 12.3. The van der Waals surface area contributed by atoms with Crippen molar-refractivity contribution in [2.45, 2.75) is 39.0 Å². The lowest BCUT2D eigenvalue weighted by Gasteiger charge is -2.27. The Bertz CT molecular complexity index is 528. The van der Waals surface area contributed by atoms with E-state index < -0.39 is 12.1 Å². The van der Waals surface area contributed by atoms with E-state index in [1.807, 2.05) is 51.1 Å². The van der Waals surface area contributed by atoms with Crippen molar-refractivity contribution >= 4 is 23.8 Å². The summed E-state index contributed by atoms with van der Waals surface area (Å²) in [5, 5.41) is 2.92. The van der Waals surface area contributed by atoms with E-state index in [9.17, 15) is 9.59 Å². The molecule has 0 saturated carbocycles. The number of carbonyl (C=O) groups excluding carboxylic acids is 2. The summed E-state index contributed by atoms with van der Waals surface area (Å²) >= 11 is 1.56. The van der Waals surface area contributed by atoms with Gasteiger partial charge in [-0.15, -0.1) is 11.8 Å². The first-order chi connectivity index (χ1) is 10.4. The first-order valence-electron chi connectivity index (χ1n) is 7.24. The number of carbonyl (C=O) groups is 2. The molecule has 6 heteroatoms. The van der Waals surface area contributed by atoms with Gasteiger partial charge in [-0.2, -0.15) is 0 Å². The number of ether oxygens (including phenoxy) is 1. The van der Waals surface area contributed by atoms with Crippen molar-refractivity contribution in [3.05, 3.63) is 35.9 Å². The molecule has 1 aromatic carbocycles. The highest BCUT2D eigenvalue weighted by molar-refractivity contribution is 7.99. The molecule has 5 nitrogen and oxygen atoms in total. The summed E-state index contributed by atoms with van der Waals surface area (Å²) < 4.78 is 5.32. The highest BCUT2D eigenvalue weighted by atomic mass is 32.2. The Morgan fingerprint density at radius 1 is 1.32 bits per heavy atom. The van der Waals surface area contributed by atoms with Gasteiger partial charge in [0.05, 0.1) is 5.88 Å². The van der Waals surface area contributed by atoms with Crippen LogP contribution < -0.4 is 5.32 Å². The molecule has 1 aromatic rings. The summed E-state index contributed by atoms with van der Waals surface area (Å²) in [6.45, 7) is 5.98. The van der Waals surface area contributed by atoms with Gasteiger partial charge in [0.15, 0.2) is 0 Å². The predicted octanol–water partition coefficient (Wildman–Crippen LogP) is 2.61. The first kappa shape index (κ1) is 16.7. The molecular weight excluding hydrogens is 300 g/mol. The summed E-state index contributed by atoms with van der Waals surface area (Å²) in [5.74, 6) is 0.951. The normalized spacial score (nSPS) is 18.1. The fourth-order valence-electron chi connectivity index (χ4n) is 2.09. The number of benzene rings is 1. The van der Waals surface area contributed by atoms with Crippen LogP contribution in [0.2, 0.25) is 0 Å². The number of thioether (sulfide) groups is 1. The minimum Gasteiger partial charge on any atom is -0.445 e. The molecule has 2 amide bonds. The molecule has 1 N–H and O–H groups in total. The Morgan fingerprint density at radius 3 is 2.64 bits per heavy atom. The zero-order chi connectivity index (χ0) is 16.2. The number of nitrogens with zero attached hydrogens (tertiary/aromatic N) is 1. The monoisotopic (exact) mass is 322 g/mol. The zero-order valence-corrected chi connectivity index (χ0v) is 14.0. The van der Waals surface area contributed by atoms with Crippen LogP contribution in [0.3, 0.4) is 0 Å². The molecule has 1 aliphatic heterocycles. The van der Waals surface area contributed by atoms with Gasteiger partial charge in [-0.25, -0.2) is 4.79 Å². The highest BCUT2D eigenvalue weighted by Crippen LogP contribution is 2.22. The third kappa shape index (κ3) is 4.66. The lowest BCUT2D eigenvalue weighted by Crippen LogP contribution is -2.52. The Hall–Kier alpha value is -1.69. The highest BCUT2D eigenvalue weighted by Gasteiger charge is 2.36. The van der Waals surface area contributed by atoms with Gasteiger partial charge in [0.25, 0.3) is 0 Å². The van der Waals surface area contributed by atoms with Crippen LogP contribution in [-0.2, 0) is 16.1 Å². The second-order valence-electron chi connectivity index (χ2n) is 6.26. The van der Waals surface area contributed by atoms with Crippen LogP contribution in [0, 0.1) is 0 Å². The molecule has 22 heavy (non-hydrogen) atoms. The van der Waals surface area contributed by atoms with Crippen molar-refractivity contribution in [3.63, 3.8) is 0 Å². The Kier molecular flexibility index (Phi) is 5.34. The molecule has 0 aliphatic carbocycles. The average molecular weight is 322 g/mol. The van der Waals surface area contributed by atoms with E-state index >= 15 is 0 Å². The van der Waals surface area contributed by atoms with E-state index in [4.69, 9.17) is 4.74 Å². The van der Waals surface area contributed by atoms with Gasteiger partial charge in [-0.3, -0.25) is 9.69 Å². The predicted molar refractivity (Wildman–Crippen MR) is 87.5 cm³/mol. The molecular formula is C16H22N2O3S. The number of hydrogen-bond acceptors (Lipinski definition) is 4. The van der Waals surface area contributed by atoms with E-state index in [-0.39, 0.29) is 18.1 Å². The van der Waals surface area contributed by atoms with Crippen molar-refractivity contribution in [1.29, 1.82) is 0 Å². The lowest BCUT2D eigenvalue weighted by molar-refractivity contribution is -0.126. The van der Waals surface area contributed by atoms with Crippen LogP contribution in [0.4, 0.5) is 4.79 Å². The van der Waals surface area contributed by atoms with Crippen LogP contribution in [0.15, 0.2) is 30.3 Å². The van der Waals surface area contributed by atoms with Crippen LogP contribution >= 0.6 is 11.8 Å². The molecule has 1 heterocycles. The number of amides is 2. The molecule has 1 aliphatic rings. The van der Waals surface area contributed by atoms with Gasteiger partial charge in [-0.1, -0.05) is 30.3 Å². The van der Waals surface area contributed by atoms with Crippen molar-refractivity contribution in [3.8, 4) is 0 Å². The summed E-state index contributed by atoms with van der Waals surface area (Å²) in [6, 6.07) is 9.04. The molecule has 0 spiro atoms. The van der Waals surface area contributed by atoms with Crippen molar-refractivity contribution in [2.24, 2.45) is 0 Å². The van der Waals surface area contributed by atoms with Crippen LogP contribution in [-0.4, -0.2) is 40.1 Å². The number of hydrogen-bond donors (Lipinski definition) is 1. The van der Waals surface area contributed by atoms with E-state index in [1.54, 1.807) is 11.8 Å². The van der Waals surface area contributed by atoms with E-state index in [0.29, 0.717) is 11.6 Å². The van der Waals surface area contributed by atoms with Gasteiger partial charge in [-0.05, 0) is 26.3 Å². The molecule has 0 radical (unpaired) electrons. The van der Waals surface area contributed by atoms with Gasteiger partial charge in [0.2, 0.25) is 5.91 Å². The Morgan fingerprint density at radius 2 is 2.00 bits per heavy atom. The topological polar surface area (TPSA) is 58.6 Å². The first-order valence-corrected chi connectivity index (χ1v) is 8.39. The number of rotatable bonds is 3. The van der Waals surface area contributed by atoms with Crippen LogP contribution in [0.25, 0.3) is 0 Å². The minimum atomic E-state index is -0.465. The second kappa shape index (κ2) is 7.05. The zero-order valence-electron chi connectivity index (χ0n) is 13.2. The third-order valence-corrected chi connectivity index (χ3v) is 4.13. The summed E-state index contributed by atoms with van der Waals surface area (Å²) in [4.78, 5) is 26.0. The maximum absolute atomic E-state index is 12.3. The van der Waals surface area contributed by atoms with Gasteiger partial charge in [0.1, 0.15) is 12.6 Å². The van der Waals surface area contributed by atoms with E-state index in [2.05, 4.69) is 5.32 Å². The smallest absolute Gasteiger partial charge is 0.411 e. The van der Waals surface area contributed by atoms with Gasteiger partial charge in [0, 0.05) is 11.3 Å². The molecule has 0 bridgehead atoms. The molecule has 0 unspecified atom stereocenters. The molecule has 120 valence electrons. The standard InChI is InChI=1S/C16H22N2O3S/c1-16(2,3)17-14(19)13-10-22-11-18(13)15(20)21-9-12-7-5-4-6-8-12/h4-8,13H,9-11H2,1-3H3,(H,17,19)/t13-/m0/s1. The van der Waals surface area contributed by atoms with E-state index in [0.717, 1.165) is 5.56 Å². The molecule has 2 rings (SSSR count). The van der Waals surface area contributed by atoms with Crippen molar-refractivity contribution in [1.82, 2.24) is 10.2 Å². The van der Waals surface area contributed by atoms with Crippen molar-refractivity contribution in [2.75, 3.05) is 11.6 Å². The quantitative estimate of drug-likeness (QED) is 0.929. The SMILES string of the molecule is CC(C)(C)NC(=O)[C@@H]1CSCN1C(=O)OCc1ccccc1. The minimum absolute atomic E-state index is 0.130. The number of nitrogens with one attached hydrogen (secondary N) is 1. The molecule has 0 aromatic heterocycles. The molecule has 1 saturated heterocycles. The second-order valence-corrected chi connectivity index (χ2v) is 7.26. The lowest BCUT2D eigenvalue weighted by atomic mass is 10.1. The Labute approximate surface area is 135 Å². The Balaban J connectivity index is 1.92. The summed E-state index contributed by atoms with van der Waals surface area (Å²) in [6.07, 6.45) is -0.442. The average Bonchev–Trinajstić information content (AvgIpc) is 2.93. The summed E-state index contributed by atoms with van der Waals surface area (Å²) in [7, 11) is 0. The van der Waals surface area contributed by atoms with Crippen molar-refractivity contribution < 1.29 is 14.3 Å². The van der Waals surface area contributed by atoms with E-state index in [1.165, 1.54) is 4.90 Å². The van der Waals surface area contributed by atoms with Crippen LogP contribution in [0.5, 0.6) is 0 Å². The van der Waals surface area contributed by atoms with Gasteiger partial charge >= 0.3 is 6.09 Å². The van der Waals surface area contributed by atoms with Crippen LogP contribution in [0.1, 0.15) is 26.3 Å². The fraction of sp³-hybridized carbons (Fsp3) is 0.500. The molecule has 1 atom stereocenters. The van der Waals surface area contributed by atoms with Gasteiger partial charge < -0.3 is 10.1 Å².